The first-order valence-corrected chi connectivity index (χ1v) is 10.0. The predicted octanol–water partition coefficient (Wildman–Crippen LogP) is 1.72. The Hall–Kier alpha value is -1.96. The van der Waals surface area contributed by atoms with Crippen LogP contribution in [0.15, 0.2) is 23.3 Å². The molecular weight excluding hydrogens is 425 g/mol. The number of nitrogens with zero attached hydrogens (tertiary/aromatic N) is 4. The maximum absolute atomic E-state index is 13.1. The van der Waals surface area contributed by atoms with Gasteiger partial charge in [0.2, 0.25) is 0 Å². The van der Waals surface area contributed by atoms with Gasteiger partial charge in [0.25, 0.3) is 11.5 Å². The van der Waals surface area contributed by atoms with Crippen LogP contribution in [0.2, 0.25) is 0 Å². The van der Waals surface area contributed by atoms with Gasteiger partial charge in [-0.05, 0) is 56.8 Å². The molecule has 1 atom stereocenters. The SMILES string of the molecule is Cc1nc2c(c(=O)n1C)CCN(C(=O)c1cncc(CC3CCNC3)c1)CC2.Cl.Cl. The molecule has 0 aliphatic carbocycles. The van der Waals surface area contributed by atoms with E-state index in [0.29, 0.717) is 43.2 Å². The largest absolute Gasteiger partial charge is 0.338 e. The maximum atomic E-state index is 13.1. The summed E-state index contributed by atoms with van der Waals surface area (Å²) in [5.41, 5.74) is 3.32. The summed E-state index contributed by atoms with van der Waals surface area (Å²) in [6.45, 7) is 5.04. The van der Waals surface area contributed by atoms with Gasteiger partial charge in [-0.15, -0.1) is 24.8 Å². The second-order valence-electron chi connectivity index (χ2n) is 7.89. The highest BCUT2D eigenvalue weighted by atomic mass is 35.5. The minimum absolute atomic E-state index is 0. The van der Waals surface area contributed by atoms with Gasteiger partial charge >= 0.3 is 0 Å². The molecule has 1 N–H and O–H groups in total. The lowest BCUT2D eigenvalue weighted by Gasteiger charge is -2.20. The monoisotopic (exact) mass is 453 g/mol. The lowest BCUT2D eigenvalue weighted by atomic mass is 9.99. The molecule has 2 aromatic heterocycles. The van der Waals surface area contributed by atoms with E-state index in [2.05, 4.69) is 15.3 Å². The van der Waals surface area contributed by atoms with Gasteiger partial charge < -0.3 is 10.2 Å². The third kappa shape index (κ3) is 5.02. The molecule has 9 heteroatoms. The molecule has 2 aliphatic heterocycles. The van der Waals surface area contributed by atoms with Crippen LogP contribution in [0.25, 0.3) is 0 Å². The number of amides is 1. The number of hydrogen-bond donors (Lipinski definition) is 1. The number of aromatic nitrogens is 3. The van der Waals surface area contributed by atoms with Crippen molar-refractivity contribution in [2.45, 2.75) is 32.6 Å². The molecular formula is C21H29Cl2N5O2. The van der Waals surface area contributed by atoms with Gasteiger partial charge in [0.05, 0.1) is 11.3 Å². The molecule has 2 aromatic rings. The van der Waals surface area contributed by atoms with Crippen LogP contribution in [0.1, 0.15) is 39.4 Å². The van der Waals surface area contributed by atoms with Crippen molar-refractivity contribution in [3.8, 4) is 0 Å². The molecule has 0 aromatic carbocycles. The van der Waals surface area contributed by atoms with E-state index in [9.17, 15) is 9.59 Å². The standard InChI is InChI=1S/C21H27N5O2.2ClH/c1-14-24-19-5-8-26(7-4-18(19)21(28)25(14)2)20(27)17-10-16(12-23-13-17)9-15-3-6-22-11-15;;/h10,12-13,15,22H,3-9,11H2,1-2H3;2*1H. The number of carbonyl (C=O) groups is 1. The number of hydrogen-bond acceptors (Lipinski definition) is 5. The molecule has 7 nitrogen and oxygen atoms in total. The van der Waals surface area contributed by atoms with Crippen molar-refractivity contribution in [2.75, 3.05) is 26.2 Å². The summed E-state index contributed by atoms with van der Waals surface area (Å²) in [5, 5.41) is 3.38. The van der Waals surface area contributed by atoms with Gasteiger partial charge in [0.1, 0.15) is 5.82 Å². The normalized spacial score (nSPS) is 18.1. The average Bonchev–Trinajstić information content (AvgIpc) is 3.11. The summed E-state index contributed by atoms with van der Waals surface area (Å²) < 4.78 is 1.58. The van der Waals surface area contributed by atoms with E-state index in [1.165, 1.54) is 6.42 Å². The van der Waals surface area contributed by atoms with E-state index in [-0.39, 0.29) is 36.3 Å². The van der Waals surface area contributed by atoms with Gasteiger partial charge in [-0.25, -0.2) is 4.98 Å². The fourth-order valence-corrected chi connectivity index (χ4v) is 4.19. The van der Waals surface area contributed by atoms with Crippen LogP contribution in [0.3, 0.4) is 0 Å². The summed E-state index contributed by atoms with van der Waals surface area (Å²) in [4.78, 5) is 36.3. The van der Waals surface area contributed by atoms with Crippen LogP contribution in [0.4, 0.5) is 0 Å². The molecule has 1 amide bonds. The van der Waals surface area contributed by atoms with Crippen molar-refractivity contribution in [1.82, 2.24) is 24.8 Å². The number of carbonyl (C=O) groups excluding carboxylic acids is 1. The third-order valence-corrected chi connectivity index (χ3v) is 5.96. The van der Waals surface area contributed by atoms with Crippen LogP contribution in [-0.4, -0.2) is 51.5 Å². The van der Waals surface area contributed by atoms with Crippen LogP contribution in [0.5, 0.6) is 0 Å². The number of pyridine rings is 1. The zero-order valence-corrected chi connectivity index (χ0v) is 19.0. The molecule has 0 saturated carbocycles. The molecule has 1 unspecified atom stereocenters. The van der Waals surface area contributed by atoms with Gasteiger partial charge in [0, 0.05) is 44.5 Å². The maximum Gasteiger partial charge on any atom is 0.256 e. The Bertz CT molecular complexity index is 957. The van der Waals surface area contributed by atoms with Crippen LogP contribution in [0, 0.1) is 12.8 Å². The van der Waals surface area contributed by atoms with E-state index in [1.807, 2.05) is 24.1 Å². The highest BCUT2D eigenvalue weighted by Gasteiger charge is 2.24. The Morgan fingerprint density at radius 1 is 1.23 bits per heavy atom. The summed E-state index contributed by atoms with van der Waals surface area (Å²) in [6, 6.07) is 1.98. The van der Waals surface area contributed by atoms with Crippen molar-refractivity contribution in [2.24, 2.45) is 13.0 Å². The molecule has 1 saturated heterocycles. The molecule has 0 bridgehead atoms. The molecule has 0 spiro atoms. The summed E-state index contributed by atoms with van der Waals surface area (Å²) in [5.74, 6) is 1.31. The Morgan fingerprint density at radius 2 is 2.00 bits per heavy atom. The number of rotatable bonds is 3. The zero-order valence-electron chi connectivity index (χ0n) is 17.4. The van der Waals surface area contributed by atoms with E-state index in [4.69, 9.17) is 0 Å². The summed E-state index contributed by atoms with van der Waals surface area (Å²) in [6.07, 6.45) is 6.79. The number of halogens is 2. The number of nitrogens with one attached hydrogen (secondary N) is 1. The average molecular weight is 454 g/mol. The van der Waals surface area contributed by atoms with E-state index in [0.717, 1.165) is 36.3 Å². The van der Waals surface area contributed by atoms with E-state index < -0.39 is 0 Å². The van der Waals surface area contributed by atoms with Crippen molar-refractivity contribution >= 4 is 30.7 Å². The van der Waals surface area contributed by atoms with Gasteiger partial charge in [-0.3, -0.25) is 19.1 Å². The van der Waals surface area contributed by atoms with E-state index in [1.54, 1.807) is 17.8 Å². The minimum atomic E-state index is -0.0137. The molecule has 0 radical (unpaired) electrons. The zero-order chi connectivity index (χ0) is 19.7. The Morgan fingerprint density at radius 3 is 2.73 bits per heavy atom. The summed E-state index contributed by atoms with van der Waals surface area (Å²) >= 11 is 0. The molecule has 4 heterocycles. The minimum Gasteiger partial charge on any atom is -0.338 e. The summed E-state index contributed by atoms with van der Waals surface area (Å²) in [7, 11) is 1.75. The molecule has 30 heavy (non-hydrogen) atoms. The topological polar surface area (TPSA) is 80.1 Å². The lowest BCUT2D eigenvalue weighted by molar-refractivity contribution is 0.0762. The predicted molar refractivity (Wildman–Crippen MR) is 121 cm³/mol. The van der Waals surface area contributed by atoms with Crippen LogP contribution in [-0.2, 0) is 26.3 Å². The van der Waals surface area contributed by atoms with Crippen LogP contribution < -0.4 is 10.9 Å². The van der Waals surface area contributed by atoms with Gasteiger partial charge in [-0.2, -0.15) is 0 Å². The first kappa shape index (κ1) is 24.3. The third-order valence-electron chi connectivity index (χ3n) is 5.96. The number of fused-ring (bicyclic) bond motifs is 1. The first-order valence-electron chi connectivity index (χ1n) is 10.0. The Labute approximate surface area is 189 Å². The quantitative estimate of drug-likeness (QED) is 0.764. The van der Waals surface area contributed by atoms with Crippen molar-refractivity contribution in [3.63, 3.8) is 0 Å². The first-order chi connectivity index (χ1) is 13.5. The fourth-order valence-electron chi connectivity index (χ4n) is 4.19. The van der Waals surface area contributed by atoms with Crippen molar-refractivity contribution < 1.29 is 4.79 Å². The van der Waals surface area contributed by atoms with Crippen molar-refractivity contribution in [3.05, 3.63) is 57.0 Å². The van der Waals surface area contributed by atoms with Crippen LogP contribution >= 0.6 is 24.8 Å². The van der Waals surface area contributed by atoms with Gasteiger partial charge in [0.15, 0.2) is 0 Å². The molecule has 1 fully saturated rings. The number of aryl methyl sites for hydroxylation is 1. The second-order valence-corrected chi connectivity index (χ2v) is 7.89. The Kier molecular flexibility index (Phi) is 8.41. The van der Waals surface area contributed by atoms with Crippen molar-refractivity contribution in [1.29, 1.82) is 0 Å². The smallest absolute Gasteiger partial charge is 0.256 e. The lowest BCUT2D eigenvalue weighted by Crippen LogP contribution is -2.33. The fraction of sp³-hybridized carbons (Fsp3) is 0.524. The highest BCUT2D eigenvalue weighted by molar-refractivity contribution is 5.94. The second kappa shape index (κ2) is 10.4. The Balaban J connectivity index is 0.00000160. The van der Waals surface area contributed by atoms with E-state index >= 15 is 0 Å². The molecule has 2 aliphatic rings. The molecule has 4 rings (SSSR count). The highest BCUT2D eigenvalue weighted by Crippen LogP contribution is 2.18. The van der Waals surface area contributed by atoms with Gasteiger partial charge in [-0.1, -0.05) is 0 Å². The molecule has 164 valence electrons.